The second kappa shape index (κ2) is 5.86. The highest BCUT2D eigenvalue weighted by Crippen LogP contribution is 2.41. The molecule has 0 spiro atoms. The van der Waals surface area contributed by atoms with Crippen LogP contribution < -0.4 is 5.32 Å². The van der Waals surface area contributed by atoms with Crippen molar-refractivity contribution in [2.45, 2.75) is 50.2 Å². The van der Waals surface area contributed by atoms with E-state index in [-0.39, 0.29) is 5.97 Å². The minimum absolute atomic E-state index is 0.0893. The van der Waals surface area contributed by atoms with Gasteiger partial charge in [0, 0.05) is 31.7 Å². The topological polar surface area (TPSA) is 44.8 Å². The third-order valence-corrected chi connectivity index (χ3v) is 5.79. The number of carbonyl (C=O) groups is 1. The zero-order chi connectivity index (χ0) is 15.0. The SMILES string of the molecule is CNC(CN1CC2CCCN2CC1C)(C(=O)OC)C1CC1. The zero-order valence-corrected chi connectivity index (χ0v) is 13.6. The Kier molecular flexibility index (Phi) is 4.26. The summed E-state index contributed by atoms with van der Waals surface area (Å²) in [7, 11) is 3.42. The third kappa shape index (κ3) is 2.71. The van der Waals surface area contributed by atoms with Gasteiger partial charge in [-0.3, -0.25) is 9.80 Å². The monoisotopic (exact) mass is 295 g/mol. The van der Waals surface area contributed by atoms with Gasteiger partial charge >= 0.3 is 5.97 Å². The first-order valence-electron chi connectivity index (χ1n) is 8.36. The van der Waals surface area contributed by atoms with E-state index in [4.69, 9.17) is 4.74 Å². The second-order valence-corrected chi connectivity index (χ2v) is 7.06. The molecule has 3 atom stereocenters. The molecule has 120 valence electrons. The quantitative estimate of drug-likeness (QED) is 0.756. The van der Waals surface area contributed by atoms with E-state index in [1.54, 1.807) is 0 Å². The lowest BCUT2D eigenvalue weighted by molar-refractivity contribution is -0.151. The Morgan fingerprint density at radius 1 is 1.33 bits per heavy atom. The van der Waals surface area contributed by atoms with E-state index in [9.17, 15) is 4.79 Å². The number of nitrogens with zero attached hydrogens (tertiary/aromatic N) is 2. The smallest absolute Gasteiger partial charge is 0.327 e. The summed E-state index contributed by atoms with van der Waals surface area (Å²) in [5.41, 5.74) is -0.510. The fourth-order valence-corrected chi connectivity index (χ4v) is 4.29. The Hall–Kier alpha value is -0.650. The van der Waals surface area contributed by atoms with Crippen molar-refractivity contribution in [3.8, 4) is 0 Å². The van der Waals surface area contributed by atoms with Crippen molar-refractivity contribution >= 4 is 5.97 Å². The van der Waals surface area contributed by atoms with Crippen LogP contribution in [0.2, 0.25) is 0 Å². The zero-order valence-electron chi connectivity index (χ0n) is 13.6. The number of rotatable bonds is 5. The van der Waals surface area contributed by atoms with Crippen LogP contribution in [0, 0.1) is 5.92 Å². The summed E-state index contributed by atoms with van der Waals surface area (Å²) in [5, 5.41) is 3.33. The molecule has 3 aliphatic rings. The number of esters is 1. The molecule has 0 aromatic carbocycles. The van der Waals surface area contributed by atoms with Crippen molar-refractivity contribution in [2.24, 2.45) is 5.92 Å². The Morgan fingerprint density at radius 2 is 2.10 bits per heavy atom. The summed E-state index contributed by atoms with van der Waals surface area (Å²) in [6.45, 7) is 6.55. The molecule has 0 radical (unpaired) electrons. The van der Waals surface area contributed by atoms with Crippen LogP contribution in [0.15, 0.2) is 0 Å². The van der Waals surface area contributed by atoms with Crippen molar-refractivity contribution in [1.82, 2.24) is 15.1 Å². The molecular formula is C16H29N3O2. The van der Waals surface area contributed by atoms with Crippen LogP contribution in [0.3, 0.4) is 0 Å². The van der Waals surface area contributed by atoms with Gasteiger partial charge in [0.1, 0.15) is 5.54 Å². The molecule has 0 aromatic rings. The van der Waals surface area contributed by atoms with Crippen molar-refractivity contribution in [2.75, 3.05) is 40.3 Å². The van der Waals surface area contributed by atoms with E-state index in [1.807, 2.05) is 7.05 Å². The molecule has 0 bridgehead atoms. The lowest BCUT2D eigenvalue weighted by Gasteiger charge is -2.46. The fraction of sp³-hybridized carbons (Fsp3) is 0.938. The number of piperazine rings is 1. The fourth-order valence-electron chi connectivity index (χ4n) is 4.29. The second-order valence-electron chi connectivity index (χ2n) is 7.06. The van der Waals surface area contributed by atoms with Gasteiger partial charge in [-0.05, 0) is 52.1 Å². The van der Waals surface area contributed by atoms with Gasteiger partial charge in [0.25, 0.3) is 0 Å². The average molecular weight is 295 g/mol. The summed E-state index contributed by atoms with van der Waals surface area (Å²) in [4.78, 5) is 17.6. The first kappa shape index (κ1) is 15.3. The highest BCUT2D eigenvalue weighted by atomic mass is 16.5. The van der Waals surface area contributed by atoms with Gasteiger partial charge in [-0.2, -0.15) is 0 Å². The number of likely N-dealkylation sites (N-methyl/N-ethyl adjacent to an activating group) is 1. The van der Waals surface area contributed by atoms with Crippen LogP contribution in [0.25, 0.3) is 0 Å². The average Bonchev–Trinajstić information content (AvgIpc) is 3.24. The van der Waals surface area contributed by atoms with Gasteiger partial charge in [0.05, 0.1) is 7.11 Å². The molecule has 1 N–H and O–H groups in total. The van der Waals surface area contributed by atoms with E-state index in [1.165, 1.54) is 26.5 Å². The van der Waals surface area contributed by atoms with Gasteiger partial charge in [-0.15, -0.1) is 0 Å². The highest BCUT2D eigenvalue weighted by Gasteiger charge is 2.53. The lowest BCUT2D eigenvalue weighted by atomic mass is 9.91. The first-order valence-corrected chi connectivity index (χ1v) is 8.36. The molecule has 5 nitrogen and oxygen atoms in total. The predicted octanol–water partition coefficient (Wildman–Crippen LogP) is 0.696. The van der Waals surface area contributed by atoms with Crippen molar-refractivity contribution < 1.29 is 9.53 Å². The molecule has 3 unspecified atom stereocenters. The molecule has 21 heavy (non-hydrogen) atoms. The molecule has 2 aliphatic heterocycles. The number of hydrogen-bond acceptors (Lipinski definition) is 5. The van der Waals surface area contributed by atoms with Crippen molar-refractivity contribution in [3.63, 3.8) is 0 Å². The maximum Gasteiger partial charge on any atom is 0.327 e. The van der Waals surface area contributed by atoms with Crippen LogP contribution in [-0.2, 0) is 9.53 Å². The molecular weight excluding hydrogens is 266 g/mol. The van der Waals surface area contributed by atoms with Crippen LogP contribution in [0.1, 0.15) is 32.6 Å². The van der Waals surface area contributed by atoms with E-state index in [2.05, 4.69) is 22.0 Å². The Labute approximate surface area is 128 Å². The van der Waals surface area contributed by atoms with Crippen molar-refractivity contribution in [1.29, 1.82) is 0 Å². The molecule has 5 heteroatoms. The van der Waals surface area contributed by atoms with Crippen molar-refractivity contribution in [3.05, 3.63) is 0 Å². The molecule has 3 rings (SSSR count). The highest BCUT2D eigenvalue weighted by molar-refractivity contribution is 5.82. The van der Waals surface area contributed by atoms with Crippen LogP contribution >= 0.6 is 0 Å². The number of nitrogens with one attached hydrogen (secondary N) is 1. The Bertz CT molecular complexity index is 399. The van der Waals surface area contributed by atoms with Crippen LogP contribution in [0.5, 0.6) is 0 Å². The van der Waals surface area contributed by atoms with E-state index >= 15 is 0 Å². The van der Waals surface area contributed by atoms with E-state index in [0.29, 0.717) is 18.0 Å². The predicted molar refractivity (Wildman–Crippen MR) is 82.2 cm³/mol. The number of methoxy groups -OCH3 is 1. The molecule has 0 amide bonds. The number of hydrogen-bond donors (Lipinski definition) is 1. The number of carbonyl (C=O) groups excluding carboxylic acids is 1. The maximum absolute atomic E-state index is 12.4. The normalized spacial score (nSPS) is 33.5. The minimum Gasteiger partial charge on any atom is -0.468 e. The summed E-state index contributed by atoms with van der Waals surface area (Å²) in [5.74, 6) is 0.345. The summed E-state index contributed by atoms with van der Waals surface area (Å²) in [6.07, 6.45) is 4.89. The molecule has 0 aromatic heterocycles. The molecule has 1 aliphatic carbocycles. The van der Waals surface area contributed by atoms with Crippen LogP contribution in [0.4, 0.5) is 0 Å². The molecule has 3 fully saturated rings. The standard InChI is InChI=1S/C16H29N3O2/c1-12-9-18-8-4-5-14(18)10-19(12)11-16(17-2,13-6-7-13)15(20)21-3/h12-14,17H,4-11H2,1-3H3. The van der Waals surface area contributed by atoms with Gasteiger partial charge in [0.2, 0.25) is 0 Å². The van der Waals surface area contributed by atoms with Gasteiger partial charge in [-0.1, -0.05) is 0 Å². The summed E-state index contributed by atoms with van der Waals surface area (Å²) in [6, 6.07) is 1.20. The van der Waals surface area contributed by atoms with Gasteiger partial charge in [0.15, 0.2) is 0 Å². The maximum atomic E-state index is 12.4. The number of ether oxygens (including phenoxy) is 1. The van der Waals surface area contributed by atoms with Gasteiger partial charge in [-0.25, -0.2) is 4.79 Å². The summed E-state index contributed by atoms with van der Waals surface area (Å²) >= 11 is 0. The molecule has 2 saturated heterocycles. The Morgan fingerprint density at radius 3 is 2.71 bits per heavy atom. The lowest BCUT2D eigenvalue weighted by Crippen LogP contribution is -2.65. The molecule has 2 heterocycles. The van der Waals surface area contributed by atoms with Gasteiger partial charge < -0.3 is 10.1 Å². The number of fused-ring (bicyclic) bond motifs is 1. The van der Waals surface area contributed by atoms with E-state index < -0.39 is 5.54 Å². The largest absolute Gasteiger partial charge is 0.468 e. The Balaban J connectivity index is 1.74. The third-order valence-electron chi connectivity index (χ3n) is 5.79. The van der Waals surface area contributed by atoms with E-state index in [0.717, 1.165) is 32.5 Å². The van der Waals surface area contributed by atoms with Crippen LogP contribution in [-0.4, -0.2) is 73.7 Å². The molecule has 1 saturated carbocycles. The summed E-state index contributed by atoms with van der Waals surface area (Å²) < 4.78 is 5.13. The first-order chi connectivity index (χ1) is 10.1. The minimum atomic E-state index is -0.510.